The Hall–Kier alpha value is -2.48. The van der Waals surface area contributed by atoms with Crippen LogP contribution < -0.4 is 0 Å². The van der Waals surface area contributed by atoms with Gasteiger partial charge >= 0.3 is 0 Å². The van der Waals surface area contributed by atoms with Crippen LogP contribution in [0, 0.1) is 23.7 Å². The van der Waals surface area contributed by atoms with Crippen LogP contribution in [-0.4, -0.2) is 5.11 Å². The van der Waals surface area contributed by atoms with Gasteiger partial charge in [-0.1, -0.05) is 60.4 Å². The van der Waals surface area contributed by atoms with Gasteiger partial charge in [0.15, 0.2) is 0 Å². The monoisotopic (exact) mass is 232 g/mol. The van der Waals surface area contributed by atoms with Crippen LogP contribution in [0.4, 0.5) is 0 Å². The van der Waals surface area contributed by atoms with Crippen LogP contribution in [-0.2, 0) is 0 Å². The summed E-state index contributed by atoms with van der Waals surface area (Å²) in [6.07, 6.45) is -0.781. The standard InChI is InChI=1S/C17H12O/c18-17(16-12-5-2-6-13-16)14-8-7-11-15-9-3-1-4-10-15/h1-6,9-10,12-13,17-18H/t17-/m1/s1. The molecule has 0 heterocycles. The summed E-state index contributed by atoms with van der Waals surface area (Å²) in [5.74, 6) is 11.0. The Kier molecular flexibility index (Phi) is 4.20. The Morgan fingerprint density at radius 3 is 2.06 bits per heavy atom. The Morgan fingerprint density at radius 2 is 1.39 bits per heavy atom. The molecule has 0 spiro atoms. The van der Waals surface area contributed by atoms with Gasteiger partial charge in [-0.2, -0.15) is 0 Å². The number of rotatable bonds is 1. The Balaban J connectivity index is 2.04. The number of aliphatic hydroxyl groups is 1. The van der Waals surface area contributed by atoms with Gasteiger partial charge in [-0.15, -0.1) is 0 Å². The second kappa shape index (κ2) is 6.30. The van der Waals surface area contributed by atoms with E-state index in [1.54, 1.807) is 0 Å². The fourth-order valence-electron chi connectivity index (χ4n) is 1.45. The topological polar surface area (TPSA) is 20.2 Å². The first-order chi connectivity index (χ1) is 8.86. The lowest BCUT2D eigenvalue weighted by Gasteiger charge is -2.00. The second-order valence-corrected chi connectivity index (χ2v) is 3.70. The van der Waals surface area contributed by atoms with Crippen molar-refractivity contribution in [2.45, 2.75) is 6.10 Å². The first-order valence-electron chi connectivity index (χ1n) is 5.66. The lowest BCUT2D eigenvalue weighted by Crippen LogP contribution is -1.91. The maximum Gasteiger partial charge on any atom is 0.141 e. The van der Waals surface area contributed by atoms with Crippen molar-refractivity contribution >= 4 is 0 Å². The van der Waals surface area contributed by atoms with E-state index >= 15 is 0 Å². The van der Waals surface area contributed by atoms with Crippen LogP contribution in [0.15, 0.2) is 60.7 Å². The van der Waals surface area contributed by atoms with Gasteiger partial charge in [0.2, 0.25) is 0 Å². The molecule has 0 aliphatic carbocycles. The first kappa shape index (κ1) is 12.0. The summed E-state index contributed by atoms with van der Waals surface area (Å²) < 4.78 is 0. The number of hydrogen-bond donors (Lipinski definition) is 1. The molecule has 0 unspecified atom stereocenters. The lowest BCUT2D eigenvalue weighted by atomic mass is 10.1. The molecule has 0 amide bonds. The van der Waals surface area contributed by atoms with Crippen molar-refractivity contribution in [3.63, 3.8) is 0 Å². The zero-order valence-corrected chi connectivity index (χ0v) is 9.80. The van der Waals surface area contributed by atoms with Crippen LogP contribution >= 0.6 is 0 Å². The minimum absolute atomic E-state index is 0.781. The Labute approximate surface area is 107 Å². The van der Waals surface area contributed by atoms with Crippen molar-refractivity contribution in [2.75, 3.05) is 0 Å². The predicted molar refractivity (Wildman–Crippen MR) is 72.5 cm³/mol. The lowest BCUT2D eigenvalue weighted by molar-refractivity contribution is 0.238. The van der Waals surface area contributed by atoms with E-state index < -0.39 is 6.10 Å². The third kappa shape index (κ3) is 3.52. The van der Waals surface area contributed by atoms with Gasteiger partial charge in [0.25, 0.3) is 0 Å². The van der Waals surface area contributed by atoms with E-state index in [4.69, 9.17) is 0 Å². The third-order valence-corrected chi connectivity index (χ3v) is 2.37. The molecule has 1 nitrogen and oxygen atoms in total. The molecule has 1 heteroatoms. The maximum atomic E-state index is 9.78. The number of aliphatic hydroxyl groups excluding tert-OH is 1. The third-order valence-electron chi connectivity index (χ3n) is 2.37. The minimum Gasteiger partial charge on any atom is -0.376 e. The maximum absolute atomic E-state index is 9.78. The highest BCUT2D eigenvalue weighted by Crippen LogP contribution is 2.09. The molecule has 0 aromatic heterocycles. The van der Waals surface area contributed by atoms with Crippen LogP contribution in [0.25, 0.3) is 0 Å². The summed E-state index contributed by atoms with van der Waals surface area (Å²) in [7, 11) is 0. The molecule has 2 aromatic rings. The summed E-state index contributed by atoms with van der Waals surface area (Å²) in [5, 5.41) is 9.78. The molecule has 18 heavy (non-hydrogen) atoms. The first-order valence-corrected chi connectivity index (χ1v) is 5.66. The van der Waals surface area contributed by atoms with Crippen LogP contribution in [0.1, 0.15) is 17.2 Å². The molecule has 0 aliphatic rings. The van der Waals surface area contributed by atoms with Crippen molar-refractivity contribution in [3.8, 4) is 23.7 Å². The van der Waals surface area contributed by atoms with Gasteiger partial charge in [-0.25, -0.2) is 0 Å². The quantitative estimate of drug-likeness (QED) is 0.750. The summed E-state index contributed by atoms with van der Waals surface area (Å²) >= 11 is 0. The molecule has 0 saturated heterocycles. The van der Waals surface area contributed by atoms with Crippen LogP contribution in [0.3, 0.4) is 0 Å². The molecular weight excluding hydrogens is 220 g/mol. The molecule has 0 saturated carbocycles. The van der Waals surface area contributed by atoms with E-state index in [0.29, 0.717) is 0 Å². The molecule has 0 radical (unpaired) electrons. The molecule has 0 fully saturated rings. The fraction of sp³-hybridized carbons (Fsp3) is 0.0588. The van der Waals surface area contributed by atoms with Crippen LogP contribution in [0.2, 0.25) is 0 Å². The van der Waals surface area contributed by atoms with Gasteiger partial charge in [-0.05, 0) is 29.5 Å². The van der Waals surface area contributed by atoms with E-state index in [0.717, 1.165) is 11.1 Å². The fourth-order valence-corrected chi connectivity index (χ4v) is 1.45. The van der Waals surface area contributed by atoms with Crippen molar-refractivity contribution in [2.24, 2.45) is 0 Å². The smallest absolute Gasteiger partial charge is 0.141 e. The Morgan fingerprint density at radius 1 is 0.778 bits per heavy atom. The van der Waals surface area contributed by atoms with Gasteiger partial charge in [0, 0.05) is 5.56 Å². The average molecular weight is 232 g/mol. The highest BCUT2D eigenvalue weighted by molar-refractivity contribution is 5.40. The van der Waals surface area contributed by atoms with Crippen molar-refractivity contribution in [1.29, 1.82) is 0 Å². The Bertz CT molecular complexity index is 607. The number of hydrogen-bond acceptors (Lipinski definition) is 1. The molecule has 1 N–H and O–H groups in total. The van der Waals surface area contributed by atoms with Crippen LogP contribution in [0.5, 0.6) is 0 Å². The van der Waals surface area contributed by atoms with E-state index in [1.807, 2.05) is 60.7 Å². The molecule has 1 atom stereocenters. The van der Waals surface area contributed by atoms with E-state index in [1.165, 1.54) is 0 Å². The van der Waals surface area contributed by atoms with Crippen molar-refractivity contribution < 1.29 is 5.11 Å². The molecule has 0 bridgehead atoms. The minimum atomic E-state index is -0.781. The van der Waals surface area contributed by atoms with Gasteiger partial charge in [0.05, 0.1) is 0 Å². The SMILES string of the molecule is O[C@H](C#CC#Cc1ccccc1)c1ccccc1. The van der Waals surface area contributed by atoms with Gasteiger partial charge in [0.1, 0.15) is 6.10 Å². The van der Waals surface area contributed by atoms with Crippen molar-refractivity contribution in [1.82, 2.24) is 0 Å². The zero-order valence-electron chi connectivity index (χ0n) is 9.80. The summed E-state index contributed by atoms with van der Waals surface area (Å²) in [4.78, 5) is 0. The molecular formula is C17H12O. The van der Waals surface area contributed by atoms with E-state index in [2.05, 4.69) is 23.7 Å². The predicted octanol–water partition coefficient (Wildman–Crippen LogP) is 2.78. The highest BCUT2D eigenvalue weighted by Gasteiger charge is 2.00. The normalized spacial score (nSPS) is 10.5. The van der Waals surface area contributed by atoms with E-state index in [-0.39, 0.29) is 0 Å². The molecule has 2 aromatic carbocycles. The van der Waals surface area contributed by atoms with Crippen molar-refractivity contribution in [3.05, 3.63) is 71.8 Å². The van der Waals surface area contributed by atoms with Gasteiger partial charge in [-0.3, -0.25) is 0 Å². The summed E-state index contributed by atoms with van der Waals surface area (Å²) in [6, 6.07) is 19.0. The highest BCUT2D eigenvalue weighted by atomic mass is 16.3. The molecule has 86 valence electrons. The molecule has 0 aliphatic heterocycles. The summed E-state index contributed by atoms with van der Waals surface area (Å²) in [5.41, 5.74) is 1.70. The summed E-state index contributed by atoms with van der Waals surface area (Å²) in [6.45, 7) is 0. The van der Waals surface area contributed by atoms with E-state index in [9.17, 15) is 5.11 Å². The zero-order chi connectivity index (χ0) is 12.6. The van der Waals surface area contributed by atoms with Gasteiger partial charge < -0.3 is 5.11 Å². The second-order valence-electron chi connectivity index (χ2n) is 3.70. The molecule has 2 rings (SSSR count). The number of benzene rings is 2. The average Bonchev–Trinajstić information content (AvgIpc) is 2.45. The largest absolute Gasteiger partial charge is 0.376 e.